The smallest absolute Gasteiger partial charge is 0.107 e. The summed E-state index contributed by atoms with van der Waals surface area (Å²) in [6.45, 7) is 0. The Morgan fingerprint density at radius 1 is 1.21 bits per heavy atom. The van der Waals surface area contributed by atoms with Crippen molar-refractivity contribution >= 4 is 11.8 Å². The van der Waals surface area contributed by atoms with E-state index in [0.29, 0.717) is 18.1 Å². The molecule has 0 aromatic rings. The van der Waals surface area contributed by atoms with Gasteiger partial charge in [0, 0.05) is 18.1 Å². The van der Waals surface area contributed by atoms with Crippen LogP contribution >= 0.6 is 11.8 Å². The van der Waals surface area contributed by atoms with Gasteiger partial charge in [-0.05, 0) is 12.8 Å². The van der Waals surface area contributed by atoms with Crippen LogP contribution in [0, 0.1) is 11.3 Å². The molecule has 0 radical (unpaired) electrons. The van der Waals surface area contributed by atoms with Crippen LogP contribution in [0.25, 0.3) is 0 Å². The van der Waals surface area contributed by atoms with E-state index in [-0.39, 0.29) is 10.9 Å². The lowest BCUT2D eigenvalue weighted by atomic mass is 9.82. The summed E-state index contributed by atoms with van der Waals surface area (Å²) in [5.41, 5.74) is 0. The van der Waals surface area contributed by atoms with Crippen molar-refractivity contribution in [1.82, 2.24) is 0 Å². The average molecular weight is 211 g/mol. The summed E-state index contributed by atoms with van der Waals surface area (Å²) < 4.78 is -0.235. The van der Waals surface area contributed by atoms with Gasteiger partial charge in [0.1, 0.15) is 4.75 Å². The molecule has 0 aromatic carbocycles. The number of hydrogen-bond donors (Lipinski definition) is 1. The van der Waals surface area contributed by atoms with E-state index in [1.54, 1.807) is 0 Å². The summed E-state index contributed by atoms with van der Waals surface area (Å²) in [7, 11) is 0. The summed E-state index contributed by atoms with van der Waals surface area (Å²) in [4.78, 5) is 0. The number of nitrogens with zero attached hydrogens (tertiary/aromatic N) is 1. The number of aliphatic hydroxyl groups excluding tert-OH is 1. The standard InChI is InChI=1S/C11H17NOS/c12-8-11(6-9(13)7-11)14-10-4-2-1-3-5-10/h9-10,13H,1-7H2. The first-order valence-corrected chi connectivity index (χ1v) is 6.39. The highest BCUT2D eigenvalue weighted by atomic mass is 32.2. The first-order valence-electron chi connectivity index (χ1n) is 5.51. The van der Waals surface area contributed by atoms with Gasteiger partial charge in [-0.2, -0.15) is 5.26 Å². The second-order valence-electron chi connectivity index (χ2n) is 4.55. The summed E-state index contributed by atoms with van der Waals surface area (Å²) in [6.07, 6.45) is 7.69. The van der Waals surface area contributed by atoms with E-state index < -0.39 is 0 Å². The van der Waals surface area contributed by atoms with Gasteiger partial charge in [-0.15, -0.1) is 11.8 Å². The van der Waals surface area contributed by atoms with Gasteiger partial charge in [-0.1, -0.05) is 19.3 Å². The zero-order chi connectivity index (χ0) is 10.0. The SMILES string of the molecule is N#CC1(SC2CCCCC2)CC(O)C1. The fourth-order valence-electron chi connectivity index (χ4n) is 2.42. The Hall–Kier alpha value is -0.200. The zero-order valence-electron chi connectivity index (χ0n) is 8.41. The van der Waals surface area contributed by atoms with Gasteiger partial charge in [-0.25, -0.2) is 0 Å². The minimum atomic E-state index is -0.235. The van der Waals surface area contributed by atoms with Gasteiger partial charge in [0.25, 0.3) is 0 Å². The van der Waals surface area contributed by atoms with Crippen LogP contribution in [-0.2, 0) is 0 Å². The Bertz CT molecular complexity index is 236. The molecule has 78 valence electrons. The van der Waals surface area contributed by atoms with Crippen LogP contribution < -0.4 is 0 Å². The number of aliphatic hydroxyl groups is 1. The molecule has 0 atom stereocenters. The lowest BCUT2D eigenvalue weighted by molar-refractivity contribution is 0.0800. The number of hydrogen-bond acceptors (Lipinski definition) is 3. The molecule has 2 nitrogen and oxygen atoms in total. The van der Waals surface area contributed by atoms with Crippen molar-refractivity contribution in [3.8, 4) is 6.07 Å². The lowest BCUT2D eigenvalue weighted by Gasteiger charge is -2.41. The average Bonchev–Trinajstić information content (AvgIpc) is 2.16. The quantitative estimate of drug-likeness (QED) is 0.763. The molecule has 3 heteroatoms. The molecule has 0 heterocycles. The first kappa shape index (κ1) is 10.3. The Balaban J connectivity index is 1.86. The first-order chi connectivity index (χ1) is 6.74. The molecule has 14 heavy (non-hydrogen) atoms. The summed E-state index contributed by atoms with van der Waals surface area (Å²) in [5.74, 6) is 0. The Labute approximate surface area is 89.7 Å². The maximum absolute atomic E-state index is 9.28. The van der Waals surface area contributed by atoms with Crippen molar-refractivity contribution in [2.24, 2.45) is 0 Å². The highest BCUT2D eigenvalue weighted by molar-refractivity contribution is 8.01. The zero-order valence-corrected chi connectivity index (χ0v) is 9.22. The van der Waals surface area contributed by atoms with E-state index in [9.17, 15) is 5.11 Å². The van der Waals surface area contributed by atoms with E-state index in [0.717, 1.165) is 0 Å². The third-order valence-corrected chi connectivity index (χ3v) is 4.96. The third kappa shape index (κ3) is 2.07. The molecule has 2 aliphatic rings. The highest BCUT2D eigenvalue weighted by Gasteiger charge is 2.46. The number of rotatable bonds is 2. The fourth-order valence-corrected chi connectivity index (χ4v) is 4.25. The summed E-state index contributed by atoms with van der Waals surface area (Å²) >= 11 is 1.84. The maximum atomic E-state index is 9.28. The number of thioether (sulfide) groups is 1. The van der Waals surface area contributed by atoms with Crippen molar-refractivity contribution in [3.05, 3.63) is 0 Å². The van der Waals surface area contributed by atoms with Crippen LogP contribution in [0.2, 0.25) is 0 Å². The van der Waals surface area contributed by atoms with Crippen molar-refractivity contribution in [2.45, 2.75) is 61.0 Å². The minimum absolute atomic E-state index is 0.217. The Kier molecular flexibility index (Phi) is 3.04. The van der Waals surface area contributed by atoms with Crippen molar-refractivity contribution in [3.63, 3.8) is 0 Å². The topological polar surface area (TPSA) is 44.0 Å². The minimum Gasteiger partial charge on any atom is -0.393 e. The predicted molar refractivity (Wildman–Crippen MR) is 58.0 cm³/mol. The van der Waals surface area contributed by atoms with Crippen LogP contribution in [0.15, 0.2) is 0 Å². The van der Waals surface area contributed by atoms with Gasteiger partial charge in [0.15, 0.2) is 0 Å². The van der Waals surface area contributed by atoms with Crippen molar-refractivity contribution in [2.75, 3.05) is 0 Å². The normalized spacial score (nSPS) is 38.7. The molecule has 2 rings (SSSR count). The molecule has 0 amide bonds. The Morgan fingerprint density at radius 2 is 1.86 bits per heavy atom. The fraction of sp³-hybridized carbons (Fsp3) is 0.909. The van der Waals surface area contributed by atoms with Crippen molar-refractivity contribution < 1.29 is 5.11 Å². The van der Waals surface area contributed by atoms with Crippen LogP contribution in [-0.4, -0.2) is 21.2 Å². The largest absolute Gasteiger partial charge is 0.393 e. The molecular weight excluding hydrogens is 194 g/mol. The third-order valence-electron chi connectivity index (χ3n) is 3.28. The number of nitriles is 1. The van der Waals surface area contributed by atoms with Gasteiger partial charge >= 0.3 is 0 Å². The summed E-state index contributed by atoms with van der Waals surface area (Å²) in [5, 5.41) is 19.1. The van der Waals surface area contributed by atoms with Gasteiger partial charge < -0.3 is 5.11 Å². The monoisotopic (exact) mass is 211 g/mol. The van der Waals surface area contributed by atoms with E-state index in [2.05, 4.69) is 6.07 Å². The molecule has 2 saturated carbocycles. The molecule has 0 spiro atoms. The second kappa shape index (κ2) is 4.12. The van der Waals surface area contributed by atoms with E-state index in [1.165, 1.54) is 32.1 Å². The second-order valence-corrected chi connectivity index (χ2v) is 6.23. The molecule has 0 saturated heterocycles. The van der Waals surface area contributed by atoms with Gasteiger partial charge in [0.05, 0.1) is 12.2 Å². The van der Waals surface area contributed by atoms with E-state index in [4.69, 9.17) is 5.26 Å². The molecule has 0 unspecified atom stereocenters. The van der Waals surface area contributed by atoms with Crippen molar-refractivity contribution in [1.29, 1.82) is 5.26 Å². The highest BCUT2D eigenvalue weighted by Crippen LogP contribution is 2.48. The molecule has 2 aliphatic carbocycles. The van der Waals surface area contributed by atoms with Gasteiger partial charge in [-0.3, -0.25) is 0 Å². The van der Waals surface area contributed by atoms with E-state index >= 15 is 0 Å². The van der Waals surface area contributed by atoms with E-state index in [1.807, 2.05) is 11.8 Å². The van der Waals surface area contributed by atoms with Crippen LogP contribution in [0.4, 0.5) is 0 Å². The molecule has 0 aromatic heterocycles. The van der Waals surface area contributed by atoms with Crippen LogP contribution in [0.3, 0.4) is 0 Å². The molecule has 2 fully saturated rings. The van der Waals surface area contributed by atoms with Crippen LogP contribution in [0.1, 0.15) is 44.9 Å². The summed E-state index contributed by atoms with van der Waals surface area (Å²) in [6, 6.07) is 2.40. The molecule has 0 bridgehead atoms. The molecule has 0 aliphatic heterocycles. The van der Waals surface area contributed by atoms with Gasteiger partial charge in [0.2, 0.25) is 0 Å². The molecule has 1 N–H and O–H groups in total. The maximum Gasteiger partial charge on any atom is 0.107 e. The predicted octanol–water partition coefficient (Wildman–Crippen LogP) is 2.47. The Morgan fingerprint density at radius 3 is 2.36 bits per heavy atom. The van der Waals surface area contributed by atoms with Crippen LogP contribution in [0.5, 0.6) is 0 Å². The molecular formula is C11H17NOS. The lowest BCUT2D eigenvalue weighted by Crippen LogP contribution is -2.44.